The van der Waals surface area contributed by atoms with Gasteiger partial charge in [-0.05, 0) is 55.0 Å². The van der Waals surface area contributed by atoms with Crippen LogP contribution in [0.2, 0.25) is 0 Å². The molecule has 6 nitrogen and oxygen atoms in total. The number of carbonyl (C=O) groups is 1. The number of halogens is 6. The Balaban J connectivity index is 1.44. The molecule has 2 aromatic carbocycles. The van der Waals surface area contributed by atoms with E-state index in [1.54, 1.807) is 12.1 Å². The van der Waals surface area contributed by atoms with E-state index in [0.717, 1.165) is 30.7 Å². The van der Waals surface area contributed by atoms with E-state index in [9.17, 15) is 31.1 Å². The minimum absolute atomic E-state index is 0.0883. The van der Waals surface area contributed by atoms with Gasteiger partial charge in [0, 0.05) is 5.41 Å². The maximum atomic E-state index is 13.3. The SMILES string of the molecule is CCC1(COCCOc2ccc(C(=O)Oc3ccc(OC(F)(F)C(F)C(F)(F)F)cc3)cc2)COC1. The minimum Gasteiger partial charge on any atom is -0.491 e. The van der Waals surface area contributed by atoms with Crippen molar-refractivity contribution in [2.75, 3.05) is 33.0 Å². The molecule has 0 aromatic heterocycles. The molecule has 0 N–H and O–H groups in total. The van der Waals surface area contributed by atoms with Crippen molar-refractivity contribution in [1.29, 1.82) is 0 Å². The Hall–Kier alpha value is -2.99. The van der Waals surface area contributed by atoms with Crippen molar-refractivity contribution in [3.8, 4) is 17.2 Å². The van der Waals surface area contributed by atoms with Crippen LogP contribution in [0.4, 0.5) is 26.3 Å². The molecular weight excluding hydrogens is 498 g/mol. The molecule has 1 aliphatic heterocycles. The zero-order valence-electron chi connectivity index (χ0n) is 19.2. The fourth-order valence-corrected chi connectivity index (χ4v) is 3.12. The molecule has 36 heavy (non-hydrogen) atoms. The van der Waals surface area contributed by atoms with Gasteiger partial charge in [0.05, 0.1) is 32.0 Å². The highest BCUT2D eigenvalue weighted by Crippen LogP contribution is 2.37. The summed E-state index contributed by atoms with van der Waals surface area (Å²) >= 11 is 0. The summed E-state index contributed by atoms with van der Waals surface area (Å²) in [5, 5.41) is 0. The number of esters is 1. The van der Waals surface area contributed by atoms with Crippen LogP contribution >= 0.6 is 0 Å². The van der Waals surface area contributed by atoms with Gasteiger partial charge in [0.25, 0.3) is 6.17 Å². The lowest BCUT2D eigenvalue weighted by atomic mass is 9.84. The van der Waals surface area contributed by atoms with Crippen LogP contribution < -0.4 is 14.2 Å². The molecule has 1 atom stereocenters. The van der Waals surface area contributed by atoms with E-state index in [-0.39, 0.29) is 16.7 Å². The number of benzene rings is 2. The first-order valence-electron chi connectivity index (χ1n) is 10.9. The Labute approximate surface area is 203 Å². The van der Waals surface area contributed by atoms with E-state index in [4.69, 9.17) is 18.9 Å². The Kier molecular flexibility index (Phi) is 8.72. The lowest BCUT2D eigenvalue weighted by molar-refractivity contribution is -0.304. The summed E-state index contributed by atoms with van der Waals surface area (Å²) in [6.45, 7) is 4.76. The number of alkyl halides is 6. The van der Waals surface area contributed by atoms with Gasteiger partial charge in [0.2, 0.25) is 0 Å². The number of ether oxygens (including phenoxy) is 5. The van der Waals surface area contributed by atoms with Gasteiger partial charge in [0.1, 0.15) is 23.9 Å². The molecule has 0 aliphatic carbocycles. The standard InChI is InChI=1S/C24H24F6O6/c1-2-22(14-33-15-22)13-32-11-12-34-17-5-3-16(4-6-17)20(31)35-18-7-9-19(10-8-18)36-24(29,30)21(25)23(26,27)28/h3-10,21H,2,11-15H2,1H3. The Morgan fingerprint density at radius 3 is 2.06 bits per heavy atom. The van der Waals surface area contributed by atoms with Crippen LogP contribution in [0.3, 0.4) is 0 Å². The van der Waals surface area contributed by atoms with Gasteiger partial charge in [-0.25, -0.2) is 9.18 Å². The van der Waals surface area contributed by atoms with Crippen LogP contribution in [-0.4, -0.2) is 57.5 Å². The van der Waals surface area contributed by atoms with Crippen molar-refractivity contribution in [1.82, 2.24) is 0 Å². The van der Waals surface area contributed by atoms with Crippen LogP contribution in [0.15, 0.2) is 48.5 Å². The van der Waals surface area contributed by atoms with Crippen molar-refractivity contribution in [3.05, 3.63) is 54.1 Å². The van der Waals surface area contributed by atoms with Gasteiger partial charge >= 0.3 is 18.3 Å². The molecule has 0 bridgehead atoms. The minimum atomic E-state index is -5.79. The van der Waals surface area contributed by atoms with E-state index in [2.05, 4.69) is 11.7 Å². The Bertz CT molecular complexity index is 984. The first-order valence-corrected chi connectivity index (χ1v) is 10.9. The third kappa shape index (κ3) is 7.26. The van der Waals surface area contributed by atoms with Gasteiger partial charge in [-0.1, -0.05) is 6.92 Å². The van der Waals surface area contributed by atoms with Crippen molar-refractivity contribution in [2.45, 2.75) is 31.8 Å². The van der Waals surface area contributed by atoms with E-state index < -0.39 is 30.2 Å². The second-order valence-electron chi connectivity index (χ2n) is 8.20. The Morgan fingerprint density at radius 2 is 1.53 bits per heavy atom. The number of rotatable bonds is 12. The molecule has 1 saturated heterocycles. The molecule has 2 aromatic rings. The maximum absolute atomic E-state index is 13.3. The Morgan fingerprint density at radius 1 is 0.944 bits per heavy atom. The molecule has 0 amide bonds. The smallest absolute Gasteiger partial charge is 0.439 e. The monoisotopic (exact) mass is 522 g/mol. The summed E-state index contributed by atoms with van der Waals surface area (Å²) in [6.07, 6.45) is -14.5. The molecule has 0 saturated carbocycles. The lowest BCUT2D eigenvalue weighted by Gasteiger charge is -2.40. The summed E-state index contributed by atoms with van der Waals surface area (Å²) in [5.41, 5.74) is 0.246. The highest BCUT2D eigenvalue weighted by Gasteiger charge is 2.59. The van der Waals surface area contributed by atoms with Crippen LogP contribution in [-0.2, 0) is 9.47 Å². The molecule has 3 rings (SSSR count). The summed E-state index contributed by atoms with van der Waals surface area (Å²) in [4.78, 5) is 12.3. The molecule has 0 radical (unpaired) electrons. The fourth-order valence-electron chi connectivity index (χ4n) is 3.12. The van der Waals surface area contributed by atoms with Crippen molar-refractivity contribution in [2.24, 2.45) is 5.41 Å². The predicted molar refractivity (Wildman–Crippen MR) is 114 cm³/mol. The maximum Gasteiger partial charge on any atom is 0.439 e. The second kappa shape index (κ2) is 11.4. The molecular formula is C24H24F6O6. The van der Waals surface area contributed by atoms with Crippen molar-refractivity contribution in [3.63, 3.8) is 0 Å². The topological polar surface area (TPSA) is 63.2 Å². The largest absolute Gasteiger partial charge is 0.491 e. The van der Waals surface area contributed by atoms with Crippen molar-refractivity contribution < 1.29 is 54.8 Å². The highest BCUT2D eigenvalue weighted by atomic mass is 19.4. The zero-order chi connectivity index (χ0) is 26.4. The molecule has 198 valence electrons. The number of hydrogen-bond donors (Lipinski definition) is 0. The van der Waals surface area contributed by atoms with Gasteiger partial charge in [-0.2, -0.15) is 22.0 Å². The number of carbonyl (C=O) groups excluding carboxylic acids is 1. The van der Waals surface area contributed by atoms with Gasteiger partial charge < -0.3 is 23.7 Å². The van der Waals surface area contributed by atoms with Gasteiger partial charge in [-0.3, -0.25) is 0 Å². The molecule has 12 heteroatoms. The summed E-state index contributed by atoms with van der Waals surface area (Å²) in [5.74, 6) is -1.12. The van der Waals surface area contributed by atoms with Crippen LogP contribution in [0, 0.1) is 5.41 Å². The van der Waals surface area contributed by atoms with Crippen LogP contribution in [0.5, 0.6) is 17.2 Å². The molecule has 1 fully saturated rings. The van der Waals surface area contributed by atoms with E-state index in [1.807, 2.05) is 0 Å². The lowest BCUT2D eigenvalue weighted by Crippen LogP contribution is -2.45. The van der Waals surface area contributed by atoms with Gasteiger partial charge in [-0.15, -0.1) is 0 Å². The molecule has 1 unspecified atom stereocenters. The second-order valence-corrected chi connectivity index (χ2v) is 8.20. The van der Waals surface area contributed by atoms with Crippen LogP contribution in [0.25, 0.3) is 0 Å². The van der Waals surface area contributed by atoms with E-state index in [0.29, 0.717) is 38.8 Å². The zero-order valence-corrected chi connectivity index (χ0v) is 19.2. The summed E-state index contributed by atoms with van der Waals surface area (Å²) in [7, 11) is 0. The van der Waals surface area contributed by atoms with E-state index in [1.165, 1.54) is 12.1 Å². The fraction of sp³-hybridized carbons (Fsp3) is 0.458. The van der Waals surface area contributed by atoms with Crippen molar-refractivity contribution >= 4 is 5.97 Å². The summed E-state index contributed by atoms with van der Waals surface area (Å²) in [6, 6.07) is 9.67. The van der Waals surface area contributed by atoms with E-state index >= 15 is 0 Å². The molecule has 0 spiro atoms. The average Bonchev–Trinajstić information content (AvgIpc) is 2.80. The summed E-state index contributed by atoms with van der Waals surface area (Å²) < 4.78 is 102. The average molecular weight is 522 g/mol. The first kappa shape index (κ1) is 27.6. The third-order valence-electron chi connectivity index (χ3n) is 5.43. The third-order valence-corrected chi connectivity index (χ3v) is 5.43. The number of hydrogen-bond acceptors (Lipinski definition) is 6. The predicted octanol–water partition coefficient (Wildman–Crippen LogP) is 5.60. The normalized spacial score (nSPS) is 16.1. The van der Waals surface area contributed by atoms with Crippen LogP contribution in [0.1, 0.15) is 23.7 Å². The first-order chi connectivity index (χ1) is 16.9. The van der Waals surface area contributed by atoms with Gasteiger partial charge in [0.15, 0.2) is 0 Å². The highest BCUT2D eigenvalue weighted by molar-refractivity contribution is 5.91. The quantitative estimate of drug-likeness (QED) is 0.157. The molecule has 1 aliphatic rings. The molecule has 1 heterocycles.